The van der Waals surface area contributed by atoms with E-state index in [0.717, 1.165) is 49.1 Å². The van der Waals surface area contributed by atoms with Gasteiger partial charge in [0, 0.05) is 0 Å². The minimum atomic E-state index is -4.43. The van der Waals surface area contributed by atoms with Gasteiger partial charge in [-0.1, -0.05) is 0 Å². The molecule has 2 fully saturated rings. The van der Waals surface area contributed by atoms with Gasteiger partial charge < -0.3 is 0 Å². The molecule has 2 heterocycles. The summed E-state index contributed by atoms with van der Waals surface area (Å²) in [6.07, 6.45) is -3.63. The molecule has 0 bridgehead atoms. The third-order valence-electron chi connectivity index (χ3n) is 4.55. The molecule has 4 nitrogen and oxygen atoms in total. The summed E-state index contributed by atoms with van der Waals surface area (Å²) in [6, 6.07) is 6.35. The molecule has 2 aliphatic heterocycles. The Balaban J connectivity index is 1.75. The molecule has 136 valence electrons. The van der Waals surface area contributed by atoms with Crippen molar-refractivity contribution in [2.75, 3.05) is 42.5 Å². The maximum absolute atomic E-state index is 12.4. The van der Waals surface area contributed by atoms with Gasteiger partial charge in [-0.2, -0.15) is 0 Å². The Bertz CT molecular complexity index is 542. The first kappa shape index (κ1) is 18.2. The van der Waals surface area contributed by atoms with E-state index in [0.29, 0.717) is 0 Å². The number of benzene rings is 1. The second-order valence-corrected chi connectivity index (χ2v) is 9.95. The Morgan fingerprint density at radius 2 is 1.88 bits per heavy atom. The van der Waals surface area contributed by atoms with Crippen LogP contribution in [0.25, 0.3) is 0 Å². The van der Waals surface area contributed by atoms with Crippen LogP contribution in [-0.4, -0.2) is 57.1 Å². The van der Waals surface area contributed by atoms with Crippen molar-refractivity contribution >= 4 is 5.69 Å². The zero-order valence-corrected chi connectivity index (χ0v) is 15.4. The molecule has 8 heteroatoms. The van der Waals surface area contributed by atoms with Gasteiger partial charge in [0.2, 0.25) is 0 Å². The van der Waals surface area contributed by atoms with E-state index in [9.17, 15) is 18.3 Å². The maximum atomic E-state index is 12.4. The van der Waals surface area contributed by atoms with Crippen molar-refractivity contribution < 1.29 is 39.5 Å². The molecular weight excluding hydrogens is 434 g/mol. The molecule has 2 atom stereocenters. The Labute approximate surface area is 150 Å². The molecule has 1 aromatic rings. The Kier molecular flexibility index (Phi) is 5.58. The number of piperazine rings is 1. The minimum absolute atomic E-state index is 0.0166. The fourth-order valence-electron chi connectivity index (χ4n) is 3.17. The second-order valence-electron chi connectivity index (χ2n) is 6.24. The summed E-state index contributed by atoms with van der Waals surface area (Å²) in [5.41, 5.74) is 0.964. The van der Waals surface area contributed by atoms with Crippen LogP contribution in [0.4, 0.5) is 18.9 Å². The van der Waals surface area contributed by atoms with Crippen molar-refractivity contribution in [2.24, 2.45) is 0 Å². The summed E-state index contributed by atoms with van der Waals surface area (Å²) < 4.78 is 37.7. The van der Waals surface area contributed by atoms with Crippen LogP contribution >= 0.6 is 0 Å². The average molecular weight is 456 g/mol. The average Bonchev–Trinajstić information content (AvgIpc) is 2.51. The summed E-state index contributed by atoms with van der Waals surface area (Å²) in [6.45, 7) is 4.53. The van der Waals surface area contributed by atoms with Gasteiger partial charge in [-0.15, -0.1) is 0 Å². The number of hydrogen-bond donors (Lipinski definition) is 3. The second kappa shape index (κ2) is 7.35. The molecule has 3 N–H and O–H groups in total. The molecule has 3 rings (SSSR count). The molecule has 2 aliphatic rings. The van der Waals surface area contributed by atoms with Crippen molar-refractivity contribution in [3.8, 4) is 0 Å². The number of aliphatic hydroxyl groups is 1. The van der Waals surface area contributed by atoms with Crippen molar-refractivity contribution in [2.45, 2.75) is 22.2 Å². The van der Waals surface area contributed by atoms with Gasteiger partial charge in [0.25, 0.3) is 0 Å². The molecule has 1 aromatic carbocycles. The van der Waals surface area contributed by atoms with E-state index in [1.54, 1.807) is 12.1 Å². The van der Waals surface area contributed by atoms with E-state index >= 15 is 0 Å². The van der Waals surface area contributed by atoms with Crippen molar-refractivity contribution in [1.82, 2.24) is 10.2 Å². The van der Waals surface area contributed by atoms with E-state index in [-0.39, 0.29) is 32.8 Å². The predicted octanol–water partition coefficient (Wildman–Crippen LogP) is -1.21. The molecule has 0 aliphatic carbocycles. The predicted molar refractivity (Wildman–Crippen MR) is 82.6 cm³/mol. The fourth-order valence-corrected chi connectivity index (χ4v) is 5.90. The van der Waals surface area contributed by atoms with E-state index in [1.807, 2.05) is 0 Å². The number of nitrogens with zero attached hydrogens (tertiary/aromatic N) is 1. The van der Waals surface area contributed by atoms with Gasteiger partial charge in [0.15, 0.2) is 0 Å². The molecule has 2 unspecified atom stereocenters. The van der Waals surface area contributed by atoms with Crippen LogP contribution in [0.1, 0.15) is 17.9 Å². The van der Waals surface area contributed by atoms with E-state index in [4.69, 9.17) is 0 Å². The number of hydrogen-bond acceptors (Lipinski definition) is 4. The number of nitrogens with one attached hydrogen (secondary N) is 2. The molecule has 0 amide bonds. The summed E-state index contributed by atoms with van der Waals surface area (Å²) in [4.78, 5) is 2.34. The number of halogens is 4. The van der Waals surface area contributed by atoms with Gasteiger partial charge in [0.05, 0.1) is 0 Å². The molecule has 0 spiro atoms. The third kappa shape index (κ3) is 4.53. The monoisotopic (exact) mass is 456 g/mol. The standard InChI is InChI=1S/C16H22F3IN3O/c17-16(18,19)22-13-3-1-12(2-4-13)14(15(24)5-6-20-15)11-23-9-7-21-8-10-23/h1-4,14,21-22,24H,5-11H2/q-1. The summed E-state index contributed by atoms with van der Waals surface area (Å²) in [5, 5.41) is 15.8. The van der Waals surface area contributed by atoms with E-state index in [2.05, 4.69) is 10.2 Å². The number of rotatable bonds is 5. The van der Waals surface area contributed by atoms with Gasteiger partial charge in [-0.25, -0.2) is 0 Å². The molecular formula is C16H22F3IN3O-. The fraction of sp³-hybridized carbons (Fsp3) is 0.625. The number of anilines is 1. The van der Waals surface area contributed by atoms with Crippen molar-refractivity contribution in [3.05, 3.63) is 29.8 Å². The molecule has 24 heavy (non-hydrogen) atoms. The molecule has 0 radical (unpaired) electrons. The quantitative estimate of drug-likeness (QED) is 0.296. The third-order valence-corrected chi connectivity index (χ3v) is 8.25. The van der Waals surface area contributed by atoms with Crippen molar-refractivity contribution in [3.63, 3.8) is 0 Å². The normalized spacial score (nSPS) is 27.0. The Hall–Kier alpha value is -0.580. The topological polar surface area (TPSA) is 47.5 Å². The van der Waals surface area contributed by atoms with Gasteiger partial charge in [-0.3, -0.25) is 0 Å². The first-order valence-electron chi connectivity index (χ1n) is 8.06. The zero-order valence-electron chi connectivity index (χ0n) is 13.2. The van der Waals surface area contributed by atoms with Crippen LogP contribution in [0.15, 0.2) is 24.3 Å². The first-order chi connectivity index (χ1) is 11.4. The molecule has 0 saturated carbocycles. The summed E-state index contributed by atoms with van der Waals surface area (Å²) in [7, 11) is 0. The summed E-state index contributed by atoms with van der Waals surface area (Å²) >= 11 is -0.266. The first-order valence-corrected chi connectivity index (χ1v) is 10.7. The van der Waals surface area contributed by atoms with E-state index in [1.165, 1.54) is 17.4 Å². The van der Waals surface area contributed by atoms with Crippen LogP contribution in [0, 0.1) is 0 Å². The van der Waals surface area contributed by atoms with Crippen LogP contribution < -0.4 is 31.8 Å². The molecule has 2 saturated heterocycles. The Morgan fingerprint density at radius 1 is 1.25 bits per heavy atom. The Morgan fingerprint density at radius 3 is 2.38 bits per heavy atom. The van der Waals surface area contributed by atoms with Crippen molar-refractivity contribution in [1.29, 1.82) is 0 Å². The van der Waals surface area contributed by atoms with Crippen LogP contribution in [-0.2, 0) is 0 Å². The summed E-state index contributed by atoms with van der Waals surface area (Å²) in [5.74, 6) is -0.0166. The molecule has 0 aromatic heterocycles. The van der Waals surface area contributed by atoms with E-state index < -0.39 is 9.91 Å². The SMILES string of the molecule is OC1(C(CN2CCNCC2)c2ccc(NC(F)(F)F)cc2)CC[I-]1. The van der Waals surface area contributed by atoms with Crippen LogP contribution in [0.3, 0.4) is 0 Å². The van der Waals surface area contributed by atoms with Gasteiger partial charge in [-0.05, 0) is 0 Å². The zero-order chi connectivity index (χ0) is 17.2. The van der Waals surface area contributed by atoms with Gasteiger partial charge >= 0.3 is 150 Å². The van der Waals surface area contributed by atoms with Crippen LogP contribution in [0.5, 0.6) is 0 Å². The van der Waals surface area contributed by atoms with Crippen LogP contribution in [0.2, 0.25) is 0 Å². The van der Waals surface area contributed by atoms with Gasteiger partial charge in [0.1, 0.15) is 0 Å². The number of alkyl halides is 5.